The predicted molar refractivity (Wildman–Crippen MR) is 67.9 cm³/mol. The van der Waals surface area contributed by atoms with Gasteiger partial charge in [-0.3, -0.25) is 4.79 Å². The van der Waals surface area contributed by atoms with Gasteiger partial charge in [-0.15, -0.1) is 10.2 Å². The first-order valence-electron chi connectivity index (χ1n) is 5.74. The predicted octanol–water partition coefficient (Wildman–Crippen LogP) is 0.509. The van der Waals surface area contributed by atoms with E-state index in [2.05, 4.69) is 15.5 Å². The first-order chi connectivity index (χ1) is 9.08. The SMILES string of the molecule is Cn1cnnc1CCNC(=O)c1ccc(N)c(F)c1. The molecule has 0 radical (unpaired) electrons. The van der Waals surface area contributed by atoms with Crippen molar-refractivity contribution in [1.82, 2.24) is 20.1 Å². The van der Waals surface area contributed by atoms with Gasteiger partial charge in [0, 0.05) is 25.6 Å². The molecule has 1 amide bonds. The molecule has 0 spiro atoms. The molecule has 2 rings (SSSR count). The maximum Gasteiger partial charge on any atom is 0.251 e. The summed E-state index contributed by atoms with van der Waals surface area (Å²) in [4.78, 5) is 11.8. The Kier molecular flexibility index (Phi) is 3.74. The Morgan fingerprint density at radius 2 is 2.32 bits per heavy atom. The molecule has 1 aromatic heterocycles. The molecule has 0 fully saturated rings. The molecule has 0 atom stereocenters. The van der Waals surface area contributed by atoms with Crippen LogP contribution >= 0.6 is 0 Å². The molecule has 100 valence electrons. The van der Waals surface area contributed by atoms with Crippen molar-refractivity contribution in [1.29, 1.82) is 0 Å². The van der Waals surface area contributed by atoms with E-state index in [0.29, 0.717) is 13.0 Å². The molecule has 1 aromatic carbocycles. The lowest BCUT2D eigenvalue weighted by Gasteiger charge is -2.05. The van der Waals surface area contributed by atoms with E-state index in [9.17, 15) is 9.18 Å². The van der Waals surface area contributed by atoms with Crippen LogP contribution in [0.5, 0.6) is 0 Å². The number of carbonyl (C=O) groups excluding carboxylic acids is 1. The number of amides is 1. The highest BCUT2D eigenvalue weighted by Crippen LogP contribution is 2.11. The van der Waals surface area contributed by atoms with E-state index in [0.717, 1.165) is 11.9 Å². The summed E-state index contributed by atoms with van der Waals surface area (Å²) in [5, 5.41) is 10.3. The molecule has 0 bridgehead atoms. The fourth-order valence-electron chi connectivity index (χ4n) is 1.59. The number of nitrogen functional groups attached to an aromatic ring is 1. The van der Waals surface area contributed by atoms with E-state index >= 15 is 0 Å². The maximum atomic E-state index is 13.2. The lowest BCUT2D eigenvalue weighted by molar-refractivity contribution is 0.0953. The second-order valence-electron chi connectivity index (χ2n) is 4.10. The van der Waals surface area contributed by atoms with Gasteiger partial charge in [0.05, 0.1) is 5.69 Å². The number of nitrogens with two attached hydrogens (primary N) is 1. The average Bonchev–Trinajstić information content (AvgIpc) is 2.78. The van der Waals surface area contributed by atoms with E-state index in [1.807, 2.05) is 7.05 Å². The van der Waals surface area contributed by atoms with Crippen LogP contribution in [0.25, 0.3) is 0 Å². The highest BCUT2D eigenvalue weighted by molar-refractivity contribution is 5.94. The summed E-state index contributed by atoms with van der Waals surface area (Å²) < 4.78 is 15.0. The van der Waals surface area contributed by atoms with Gasteiger partial charge >= 0.3 is 0 Å². The lowest BCUT2D eigenvalue weighted by Crippen LogP contribution is -2.26. The summed E-state index contributed by atoms with van der Waals surface area (Å²) in [6, 6.07) is 3.97. The van der Waals surface area contributed by atoms with Crippen LogP contribution in [0.3, 0.4) is 0 Å². The number of aryl methyl sites for hydroxylation is 1. The molecule has 1 heterocycles. The first-order valence-corrected chi connectivity index (χ1v) is 5.74. The van der Waals surface area contributed by atoms with Gasteiger partial charge in [-0.25, -0.2) is 4.39 Å². The Hall–Kier alpha value is -2.44. The summed E-state index contributed by atoms with van der Waals surface area (Å²) in [6.07, 6.45) is 2.15. The van der Waals surface area contributed by atoms with E-state index in [1.165, 1.54) is 12.1 Å². The van der Waals surface area contributed by atoms with Gasteiger partial charge in [-0.2, -0.15) is 0 Å². The molecule has 0 aliphatic carbocycles. The van der Waals surface area contributed by atoms with Gasteiger partial charge in [0.1, 0.15) is 18.0 Å². The zero-order chi connectivity index (χ0) is 13.8. The summed E-state index contributed by atoms with van der Waals surface area (Å²) in [6.45, 7) is 0.400. The lowest BCUT2D eigenvalue weighted by atomic mass is 10.2. The maximum absolute atomic E-state index is 13.2. The van der Waals surface area contributed by atoms with Crippen molar-refractivity contribution in [2.45, 2.75) is 6.42 Å². The molecule has 6 nitrogen and oxygen atoms in total. The van der Waals surface area contributed by atoms with E-state index in [4.69, 9.17) is 5.73 Å². The molecule has 0 saturated heterocycles. The highest BCUT2D eigenvalue weighted by atomic mass is 19.1. The number of hydrogen-bond donors (Lipinski definition) is 2. The monoisotopic (exact) mass is 263 g/mol. The van der Waals surface area contributed by atoms with Crippen LogP contribution in [0.15, 0.2) is 24.5 Å². The highest BCUT2D eigenvalue weighted by Gasteiger charge is 2.08. The van der Waals surface area contributed by atoms with Crippen molar-refractivity contribution < 1.29 is 9.18 Å². The first kappa shape index (κ1) is 13.0. The zero-order valence-corrected chi connectivity index (χ0v) is 10.4. The van der Waals surface area contributed by atoms with Gasteiger partial charge in [0.2, 0.25) is 0 Å². The van der Waals surface area contributed by atoms with Crippen molar-refractivity contribution >= 4 is 11.6 Å². The number of carbonyl (C=O) groups is 1. The number of hydrogen-bond acceptors (Lipinski definition) is 4. The fourth-order valence-corrected chi connectivity index (χ4v) is 1.59. The van der Waals surface area contributed by atoms with Crippen LogP contribution in [-0.4, -0.2) is 27.2 Å². The number of aromatic nitrogens is 3. The normalized spacial score (nSPS) is 10.4. The minimum atomic E-state index is -0.596. The molecular weight excluding hydrogens is 249 g/mol. The van der Waals surface area contributed by atoms with Gasteiger partial charge in [-0.1, -0.05) is 0 Å². The van der Waals surface area contributed by atoms with Crippen molar-refractivity contribution in [3.8, 4) is 0 Å². The summed E-state index contributed by atoms with van der Waals surface area (Å²) in [5.74, 6) is -0.175. The fraction of sp³-hybridized carbons (Fsp3) is 0.250. The number of rotatable bonds is 4. The molecule has 2 aromatic rings. The van der Waals surface area contributed by atoms with Crippen molar-refractivity contribution in [2.75, 3.05) is 12.3 Å². The molecule has 0 aliphatic rings. The van der Waals surface area contributed by atoms with Gasteiger partial charge in [-0.05, 0) is 18.2 Å². The third kappa shape index (κ3) is 3.06. The van der Waals surface area contributed by atoms with Gasteiger partial charge in [0.15, 0.2) is 0 Å². The van der Waals surface area contributed by atoms with E-state index in [-0.39, 0.29) is 17.2 Å². The number of nitrogens with zero attached hydrogens (tertiary/aromatic N) is 3. The molecule has 3 N–H and O–H groups in total. The molecule has 7 heteroatoms. The minimum Gasteiger partial charge on any atom is -0.396 e. The van der Waals surface area contributed by atoms with Crippen molar-refractivity contribution in [2.24, 2.45) is 7.05 Å². The smallest absolute Gasteiger partial charge is 0.251 e. The second-order valence-corrected chi connectivity index (χ2v) is 4.10. The number of halogens is 1. The number of nitrogens with one attached hydrogen (secondary N) is 1. The Bertz CT molecular complexity index is 596. The summed E-state index contributed by atoms with van der Waals surface area (Å²) >= 11 is 0. The number of benzene rings is 1. The van der Waals surface area contributed by atoms with E-state index < -0.39 is 5.82 Å². The van der Waals surface area contributed by atoms with Crippen LogP contribution < -0.4 is 11.1 Å². The molecule has 19 heavy (non-hydrogen) atoms. The molecule has 0 unspecified atom stereocenters. The van der Waals surface area contributed by atoms with E-state index in [1.54, 1.807) is 10.9 Å². The third-order valence-electron chi connectivity index (χ3n) is 2.70. The Balaban J connectivity index is 1.91. The van der Waals surface area contributed by atoms with Crippen LogP contribution in [0, 0.1) is 5.82 Å². The van der Waals surface area contributed by atoms with Gasteiger partial charge < -0.3 is 15.6 Å². The van der Waals surface area contributed by atoms with Crippen LogP contribution in [-0.2, 0) is 13.5 Å². The standard InChI is InChI=1S/C12H14FN5O/c1-18-7-16-17-11(18)4-5-15-12(19)8-2-3-10(14)9(13)6-8/h2-3,6-7H,4-5,14H2,1H3,(H,15,19). The Labute approximate surface area is 109 Å². The molecule has 0 saturated carbocycles. The summed E-state index contributed by atoms with van der Waals surface area (Å²) in [7, 11) is 1.83. The third-order valence-corrected chi connectivity index (χ3v) is 2.70. The summed E-state index contributed by atoms with van der Waals surface area (Å²) in [5.41, 5.74) is 5.61. The van der Waals surface area contributed by atoms with Crippen LogP contribution in [0.2, 0.25) is 0 Å². The minimum absolute atomic E-state index is 0.0237. The second kappa shape index (κ2) is 5.47. The van der Waals surface area contributed by atoms with Crippen LogP contribution in [0.4, 0.5) is 10.1 Å². The number of anilines is 1. The zero-order valence-electron chi connectivity index (χ0n) is 10.4. The van der Waals surface area contributed by atoms with Gasteiger partial charge in [0.25, 0.3) is 5.91 Å². The molecular formula is C12H14FN5O. The van der Waals surface area contributed by atoms with Crippen molar-refractivity contribution in [3.63, 3.8) is 0 Å². The van der Waals surface area contributed by atoms with Crippen molar-refractivity contribution in [3.05, 3.63) is 41.7 Å². The van der Waals surface area contributed by atoms with Crippen LogP contribution in [0.1, 0.15) is 16.2 Å². The Morgan fingerprint density at radius 3 is 2.95 bits per heavy atom. The largest absolute Gasteiger partial charge is 0.396 e. The average molecular weight is 263 g/mol. The quantitative estimate of drug-likeness (QED) is 0.787. The Morgan fingerprint density at radius 1 is 1.53 bits per heavy atom. The molecule has 0 aliphatic heterocycles. The topological polar surface area (TPSA) is 85.8 Å².